The predicted molar refractivity (Wildman–Crippen MR) is 54.4 cm³/mol. The molecule has 0 amide bonds. The summed E-state index contributed by atoms with van der Waals surface area (Å²) in [5, 5.41) is 8.54. The maximum absolute atomic E-state index is 8.54. The molecule has 68 valence electrons. The molecule has 4 heteroatoms. The number of nitrogens with zero attached hydrogens (tertiary/aromatic N) is 1. The van der Waals surface area contributed by atoms with E-state index in [2.05, 4.69) is 27.4 Å². The van der Waals surface area contributed by atoms with Crippen LogP contribution in [0.25, 0.3) is 0 Å². The van der Waals surface area contributed by atoms with Gasteiger partial charge in [0.05, 0.1) is 18.5 Å². The third-order valence-corrected chi connectivity index (χ3v) is 2.24. The van der Waals surface area contributed by atoms with Crippen molar-refractivity contribution in [3.63, 3.8) is 0 Å². The van der Waals surface area contributed by atoms with Crippen molar-refractivity contribution < 1.29 is 0 Å². The van der Waals surface area contributed by atoms with Crippen LogP contribution in [0.5, 0.6) is 0 Å². The number of nitrogens with one attached hydrogen (secondary N) is 1. The molecule has 1 rings (SSSR count). The highest BCUT2D eigenvalue weighted by molar-refractivity contribution is 9.10. The van der Waals surface area contributed by atoms with Gasteiger partial charge in [-0.1, -0.05) is 28.1 Å². The molecule has 0 saturated heterocycles. The molecule has 13 heavy (non-hydrogen) atoms. The first-order valence-corrected chi connectivity index (χ1v) is 4.65. The van der Waals surface area contributed by atoms with E-state index in [-0.39, 0.29) is 6.04 Å². The quantitative estimate of drug-likeness (QED) is 0.626. The van der Waals surface area contributed by atoms with E-state index >= 15 is 0 Å². The van der Waals surface area contributed by atoms with Crippen LogP contribution >= 0.6 is 15.9 Å². The van der Waals surface area contributed by atoms with E-state index in [1.807, 2.05) is 24.3 Å². The lowest BCUT2D eigenvalue weighted by Gasteiger charge is -2.12. The Morgan fingerprint density at radius 1 is 1.62 bits per heavy atom. The fraction of sp³-hybridized carbons (Fsp3) is 0.222. The number of nitrogens with two attached hydrogens (primary N) is 1. The second kappa shape index (κ2) is 4.97. The molecular weight excluding hydrogens is 230 g/mol. The largest absolute Gasteiger partial charge is 0.271 e. The van der Waals surface area contributed by atoms with E-state index in [0.717, 1.165) is 10.0 Å². The van der Waals surface area contributed by atoms with E-state index < -0.39 is 0 Å². The Kier molecular flexibility index (Phi) is 3.90. The molecule has 1 aromatic carbocycles. The molecule has 0 heterocycles. The first kappa shape index (κ1) is 10.2. The first-order chi connectivity index (χ1) is 6.27. The van der Waals surface area contributed by atoms with E-state index in [1.165, 1.54) is 0 Å². The Balaban J connectivity index is 2.86. The SMILES string of the molecule is N#CCC(NN)c1cccc(Br)c1. The number of hydrazine groups is 1. The Labute approximate surface area is 85.6 Å². The van der Waals surface area contributed by atoms with Crippen LogP contribution < -0.4 is 11.3 Å². The summed E-state index contributed by atoms with van der Waals surface area (Å²) in [5.41, 5.74) is 3.62. The van der Waals surface area contributed by atoms with Crippen molar-refractivity contribution in [3.8, 4) is 6.07 Å². The van der Waals surface area contributed by atoms with Crippen LogP contribution in [-0.2, 0) is 0 Å². The van der Waals surface area contributed by atoms with Gasteiger partial charge in [-0.15, -0.1) is 0 Å². The highest BCUT2D eigenvalue weighted by Gasteiger charge is 2.08. The van der Waals surface area contributed by atoms with Gasteiger partial charge in [-0.05, 0) is 17.7 Å². The molecule has 1 unspecified atom stereocenters. The molecule has 0 saturated carbocycles. The topological polar surface area (TPSA) is 61.8 Å². The summed E-state index contributed by atoms with van der Waals surface area (Å²) < 4.78 is 0.989. The summed E-state index contributed by atoms with van der Waals surface area (Å²) >= 11 is 3.36. The number of halogens is 1. The molecule has 0 aliphatic heterocycles. The molecule has 0 bridgehead atoms. The number of nitriles is 1. The highest BCUT2D eigenvalue weighted by Crippen LogP contribution is 2.19. The van der Waals surface area contributed by atoms with Gasteiger partial charge in [-0.3, -0.25) is 11.3 Å². The molecule has 0 aliphatic carbocycles. The van der Waals surface area contributed by atoms with Crippen molar-refractivity contribution in [2.45, 2.75) is 12.5 Å². The monoisotopic (exact) mass is 239 g/mol. The number of benzene rings is 1. The molecular formula is C9H10BrN3. The summed E-state index contributed by atoms with van der Waals surface area (Å²) in [6.45, 7) is 0. The van der Waals surface area contributed by atoms with Crippen LogP contribution in [0.3, 0.4) is 0 Å². The standard InChI is InChI=1S/C9H10BrN3/c10-8-3-1-2-7(6-8)9(13-12)4-5-11/h1-3,6,9,13H,4,12H2. The van der Waals surface area contributed by atoms with Crippen LogP contribution in [0.1, 0.15) is 18.0 Å². The van der Waals surface area contributed by atoms with Crippen LogP contribution in [0.15, 0.2) is 28.7 Å². The summed E-state index contributed by atoms with van der Waals surface area (Å²) in [7, 11) is 0. The summed E-state index contributed by atoms with van der Waals surface area (Å²) in [6, 6.07) is 9.72. The maximum atomic E-state index is 8.54. The van der Waals surface area contributed by atoms with Crippen LogP contribution in [0.2, 0.25) is 0 Å². The fourth-order valence-corrected chi connectivity index (χ4v) is 1.50. The van der Waals surface area contributed by atoms with Gasteiger partial charge in [0.15, 0.2) is 0 Å². The minimum atomic E-state index is -0.0949. The zero-order valence-electron chi connectivity index (χ0n) is 7.00. The first-order valence-electron chi connectivity index (χ1n) is 3.86. The predicted octanol–water partition coefficient (Wildman–Crippen LogP) is 1.87. The lowest BCUT2D eigenvalue weighted by Crippen LogP contribution is -2.27. The van der Waals surface area contributed by atoms with Gasteiger partial charge in [0.2, 0.25) is 0 Å². The fourth-order valence-electron chi connectivity index (χ4n) is 1.09. The molecule has 3 nitrogen and oxygen atoms in total. The smallest absolute Gasteiger partial charge is 0.0642 e. The van der Waals surface area contributed by atoms with Crippen LogP contribution in [0.4, 0.5) is 0 Å². The van der Waals surface area contributed by atoms with Gasteiger partial charge in [0.1, 0.15) is 0 Å². The van der Waals surface area contributed by atoms with Gasteiger partial charge in [-0.2, -0.15) is 5.26 Å². The van der Waals surface area contributed by atoms with Gasteiger partial charge < -0.3 is 0 Å². The minimum Gasteiger partial charge on any atom is -0.271 e. The van der Waals surface area contributed by atoms with Crippen molar-refractivity contribution in [1.82, 2.24) is 5.43 Å². The molecule has 0 aromatic heterocycles. The number of rotatable bonds is 3. The Morgan fingerprint density at radius 3 is 2.92 bits per heavy atom. The third-order valence-electron chi connectivity index (χ3n) is 1.75. The second-order valence-corrected chi connectivity index (χ2v) is 3.55. The average molecular weight is 240 g/mol. The molecule has 0 aliphatic rings. The van der Waals surface area contributed by atoms with E-state index in [1.54, 1.807) is 0 Å². The molecule has 0 spiro atoms. The second-order valence-electron chi connectivity index (χ2n) is 2.64. The summed E-state index contributed by atoms with van der Waals surface area (Å²) in [5.74, 6) is 5.32. The zero-order valence-corrected chi connectivity index (χ0v) is 8.58. The summed E-state index contributed by atoms with van der Waals surface area (Å²) in [4.78, 5) is 0. The Bertz CT molecular complexity index is 319. The van der Waals surface area contributed by atoms with Crippen molar-refractivity contribution >= 4 is 15.9 Å². The van der Waals surface area contributed by atoms with E-state index in [0.29, 0.717) is 6.42 Å². The third kappa shape index (κ3) is 2.81. The van der Waals surface area contributed by atoms with Gasteiger partial charge in [0.25, 0.3) is 0 Å². The zero-order chi connectivity index (χ0) is 9.68. The van der Waals surface area contributed by atoms with Crippen molar-refractivity contribution in [2.24, 2.45) is 5.84 Å². The van der Waals surface area contributed by atoms with Gasteiger partial charge in [0, 0.05) is 4.47 Å². The minimum absolute atomic E-state index is 0.0949. The lowest BCUT2D eigenvalue weighted by molar-refractivity contribution is 0.565. The molecule has 0 radical (unpaired) electrons. The van der Waals surface area contributed by atoms with Crippen LogP contribution in [0, 0.1) is 11.3 Å². The Morgan fingerprint density at radius 2 is 2.38 bits per heavy atom. The van der Waals surface area contributed by atoms with Gasteiger partial charge in [-0.25, -0.2) is 0 Å². The highest BCUT2D eigenvalue weighted by atomic mass is 79.9. The normalized spacial score (nSPS) is 12.1. The van der Waals surface area contributed by atoms with Crippen LogP contribution in [-0.4, -0.2) is 0 Å². The van der Waals surface area contributed by atoms with Crippen molar-refractivity contribution in [2.75, 3.05) is 0 Å². The average Bonchev–Trinajstić information content (AvgIpc) is 2.14. The number of hydrogen-bond donors (Lipinski definition) is 2. The molecule has 1 atom stereocenters. The van der Waals surface area contributed by atoms with Crippen molar-refractivity contribution in [1.29, 1.82) is 5.26 Å². The molecule has 1 aromatic rings. The molecule has 3 N–H and O–H groups in total. The Hall–Kier alpha value is -0.890. The number of hydrogen-bond acceptors (Lipinski definition) is 3. The van der Waals surface area contributed by atoms with E-state index in [9.17, 15) is 0 Å². The van der Waals surface area contributed by atoms with Gasteiger partial charge >= 0.3 is 0 Å². The van der Waals surface area contributed by atoms with E-state index in [4.69, 9.17) is 11.1 Å². The summed E-state index contributed by atoms with van der Waals surface area (Å²) in [6.07, 6.45) is 0.368. The van der Waals surface area contributed by atoms with Crippen molar-refractivity contribution in [3.05, 3.63) is 34.3 Å². The molecule has 0 fully saturated rings. The maximum Gasteiger partial charge on any atom is 0.0642 e. The lowest BCUT2D eigenvalue weighted by atomic mass is 10.1.